The van der Waals surface area contributed by atoms with Crippen molar-refractivity contribution in [3.63, 3.8) is 0 Å². The fourth-order valence-electron chi connectivity index (χ4n) is 1.41. The second-order valence-corrected chi connectivity index (χ2v) is 3.13. The summed E-state index contributed by atoms with van der Waals surface area (Å²) in [5.74, 6) is 0. The van der Waals surface area contributed by atoms with Gasteiger partial charge in [0.25, 0.3) is 0 Å². The molecule has 0 aromatic rings. The van der Waals surface area contributed by atoms with Gasteiger partial charge in [-0.3, -0.25) is 4.90 Å². The van der Waals surface area contributed by atoms with E-state index in [0.29, 0.717) is 6.54 Å². The van der Waals surface area contributed by atoms with Crippen molar-refractivity contribution >= 4 is 6.03 Å². The summed E-state index contributed by atoms with van der Waals surface area (Å²) in [4.78, 5) is 12.7. The van der Waals surface area contributed by atoms with Crippen molar-refractivity contribution in [1.29, 1.82) is 0 Å². The number of ether oxygens (including phenoxy) is 1. The van der Waals surface area contributed by atoms with Crippen LogP contribution in [0.5, 0.6) is 0 Å². The predicted molar refractivity (Wildman–Crippen MR) is 49.4 cm³/mol. The van der Waals surface area contributed by atoms with Crippen molar-refractivity contribution in [2.24, 2.45) is 5.73 Å². The number of morpholine rings is 1. The predicted octanol–water partition coefficient (Wildman–Crippen LogP) is -0.625. The van der Waals surface area contributed by atoms with E-state index in [1.807, 2.05) is 0 Å². The Morgan fingerprint density at radius 1 is 1.77 bits per heavy atom. The van der Waals surface area contributed by atoms with Crippen LogP contribution in [0.15, 0.2) is 0 Å². The summed E-state index contributed by atoms with van der Waals surface area (Å²) >= 11 is 0. The van der Waals surface area contributed by atoms with Gasteiger partial charge in [-0.2, -0.15) is 0 Å². The molecule has 1 fully saturated rings. The molecule has 1 rings (SSSR count). The van der Waals surface area contributed by atoms with Gasteiger partial charge in [0.1, 0.15) is 0 Å². The van der Waals surface area contributed by atoms with Crippen LogP contribution in [-0.4, -0.2) is 49.8 Å². The summed E-state index contributed by atoms with van der Waals surface area (Å²) < 4.78 is 5.45. The van der Waals surface area contributed by atoms with Gasteiger partial charge in [0.15, 0.2) is 0 Å². The van der Waals surface area contributed by atoms with E-state index in [1.165, 1.54) is 0 Å². The number of amides is 2. The molecule has 1 aliphatic rings. The molecule has 2 amide bonds. The minimum atomic E-state index is -0.489. The number of carbonyl (C=O) groups is 1. The zero-order valence-electron chi connectivity index (χ0n) is 7.95. The van der Waals surface area contributed by atoms with Crippen LogP contribution in [0.4, 0.5) is 4.79 Å². The standard InChI is InChI=1S/C8H17N3O2/c1-2-11-3-4-13-7(6-11)5-10-8(9)12/h7H,2-6H2,1H3,(H3,9,10,12). The van der Waals surface area contributed by atoms with E-state index in [-0.39, 0.29) is 6.10 Å². The first-order valence-electron chi connectivity index (χ1n) is 4.59. The molecule has 3 N–H and O–H groups in total. The number of hydrogen-bond acceptors (Lipinski definition) is 3. The third kappa shape index (κ3) is 3.61. The summed E-state index contributed by atoms with van der Waals surface area (Å²) in [6, 6.07) is -0.489. The average molecular weight is 187 g/mol. The van der Waals surface area contributed by atoms with E-state index < -0.39 is 6.03 Å². The van der Waals surface area contributed by atoms with Gasteiger partial charge in [0, 0.05) is 19.6 Å². The quantitative estimate of drug-likeness (QED) is 0.618. The lowest BCUT2D eigenvalue weighted by Gasteiger charge is -2.31. The van der Waals surface area contributed by atoms with Crippen LogP contribution < -0.4 is 11.1 Å². The summed E-state index contributed by atoms with van der Waals surface area (Å²) in [5.41, 5.74) is 4.96. The van der Waals surface area contributed by atoms with Gasteiger partial charge in [-0.1, -0.05) is 6.92 Å². The first-order chi connectivity index (χ1) is 6.22. The number of nitrogens with one attached hydrogen (secondary N) is 1. The highest BCUT2D eigenvalue weighted by Crippen LogP contribution is 2.03. The molecular formula is C8H17N3O2. The number of primary amides is 1. The zero-order valence-corrected chi connectivity index (χ0v) is 7.95. The number of nitrogens with zero attached hydrogens (tertiary/aromatic N) is 1. The number of hydrogen-bond donors (Lipinski definition) is 2. The molecular weight excluding hydrogens is 170 g/mol. The number of urea groups is 1. The van der Waals surface area contributed by atoms with Crippen LogP contribution in [0.1, 0.15) is 6.92 Å². The molecule has 1 heterocycles. The van der Waals surface area contributed by atoms with Crippen LogP contribution >= 0.6 is 0 Å². The lowest BCUT2D eigenvalue weighted by molar-refractivity contribution is -0.0238. The van der Waals surface area contributed by atoms with Gasteiger partial charge >= 0.3 is 6.03 Å². The van der Waals surface area contributed by atoms with E-state index in [1.54, 1.807) is 0 Å². The largest absolute Gasteiger partial charge is 0.374 e. The maximum Gasteiger partial charge on any atom is 0.312 e. The molecule has 0 saturated carbocycles. The number of likely N-dealkylation sites (N-methyl/N-ethyl adjacent to an activating group) is 1. The third-order valence-electron chi connectivity index (χ3n) is 2.17. The van der Waals surface area contributed by atoms with E-state index in [4.69, 9.17) is 10.5 Å². The molecule has 1 unspecified atom stereocenters. The van der Waals surface area contributed by atoms with Gasteiger partial charge in [-0.05, 0) is 6.54 Å². The van der Waals surface area contributed by atoms with E-state index in [9.17, 15) is 4.79 Å². The Bertz CT molecular complexity index is 175. The molecule has 1 aliphatic heterocycles. The molecule has 1 atom stereocenters. The Balaban J connectivity index is 2.21. The molecule has 0 aromatic heterocycles. The van der Waals surface area contributed by atoms with Crippen molar-refractivity contribution in [3.05, 3.63) is 0 Å². The monoisotopic (exact) mass is 187 g/mol. The number of carbonyl (C=O) groups excluding carboxylic acids is 1. The van der Waals surface area contributed by atoms with Gasteiger partial charge in [-0.25, -0.2) is 4.79 Å². The Hall–Kier alpha value is -0.810. The Morgan fingerprint density at radius 2 is 2.54 bits per heavy atom. The Labute approximate surface area is 78.2 Å². The molecule has 5 heteroatoms. The molecule has 76 valence electrons. The highest BCUT2D eigenvalue weighted by atomic mass is 16.5. The second-order valence-electron chi connectivity index (χ2n) is 3.13. The summed E-state index contributed by atoms with van der Waals surface area (Å²) in [6.45, 7) is 6.23. The van der Waals surface area contributed by atoms with Crippen molar-refractivity contribution < 1.29 is 9.53 Å². The number of nitrogens with two attached hydrogens (primary N) is 1. The molecule has 13 heavy (non-hydrogen) atoms. The molecule has 0 aliphatic carbocycles. The summed E-state index contributed by atoms with van der Waals surface area (Å²) in [5, 5.41) is 2.55. The van der Waals surface area contributed by atoms with E-state index >= 15 is 0 Å². The SMILES string of the molecule is CCN1CCOC(CNC(N)=O)C1. The molecule has 0 aromatic carbocycles. The first-order valence-corrected chi connectivity index (χ1v) is 4.59. The first kappa shape index (κ1) is 10.3. The Morgan fingerprint density at radius 3 is 3.15 bits per heavy atom. The summed E-state index contributed by atoms with van der Waals surface area (Å²) in [7, 11) is 0. The van der Waals surface area contributed by atoms with Gasteiger partial charge < -0.3 is 15.8 Å². The van der Waals surface area contributed by atoms with Crippen molar-refractivity contribution in [2.75, 3.05) is 32.8 Å². The lowest BCUT2D eigenvalue weighted by atomic mass is 10.2. The Kier molecular flexibility index (Phi) is 3.98. The van der Waals surface area contributed by atoms with Crippen LogP contribution in [0, 0.1) is 0 Å². The maximum absolute atomic E-state index is 10.4. The topological polar surface area (TPSA) is 67.6 Å². The minimum Gasteiger partial charge on any atom is -0.374 e. The van der Waals surface area contributed by atoms with Crippen molar-refractivity contribution in [1.82, 2.24) is 10.2 Å². The molecule has 0 spiro atoms. The van der Waals surface area contributed by atoms with Crippen molar-refractivity contribution in [2.45, 2.75) is 13.0 Å². The zero-order chi connectivity index (χ0) is 9.68. The smallest absolute Gasteiger partial charge is 0.312 e. The van der Waals surface area contributed by atoms with Crippen LogP contribution in [0.3, 0.4) is 0 Å². The van der Waals surface area contributed by atoms with Gasteiger partial charge in [0.05, 0.1) is 12.7 Å². The molecule has 5 nitrogen and oxygen atoms in total. The molecule has 1 saturated heterocycles. The van der Waals surface area contributed by atoms with E-state index in [0.717, 1.165) is 26.2 Å². The van der Waals surface area contributed by atoms with Crippen LogP contribution in [0.25, 0.3) is 0 Å². The van der Waals surface area contributed by atoms with E-state index in [2.05, 4.69) is 17.1 Å². The highest BCUT2D eigenvalue weighted by molar-refractivity contribution is 5.71. The molecule has 0 radical (unpaired) electrons. The maximum atomic E-state index is 10.4. The summed E-state index contributed by atoms with van der Waals surface area (Å²) in [6.07, 6.45) is 0.0844. The molecule has 0 bridgehead atoms. The second kappa shape index (κ2) is 5.04. The fourth-order valence-corrected chi connectivity index (χ4v) is 1.41. The van der Waals surface area contributed by atoms with Crippen LogP contribution in [0.2, 0.25) is 0 Å². The highest BCUT2D eigenvalue weighted by Gasteiger charge is 2.18. The van der Waals surface area contributed by atoms with Crippen molar-refractivity contribution in [3.8, 4) is 0 Å². The van der Waals surface area contributed by atoms with Crippen LogP contribution in [-0.2, 0) is 4.74 Å². The lowest BCUT2D eigenvalue weighted by Crippen LogP contribution is -2.48. The third-order valence-corrected chi connectivity index (χ3v) is 2.17. The van der Waals surface area contributed by atoms with Gasteiger partial charge in [0.2, 0.25) is 0 Å². The fraction of sp³-hybridized carbons (Fsp3) is 0.875. The van der Waals surface area contributed by atoms with Gasteiger partial charge in [-0.15, -0.1) is 0 Å². The minimum absolute atomic E-state index is 0.0844. The number of rotatable bonds is 3. The average Bonchev–Trinajstić information content (AvgIpc) is 2.15. The normalized spacial score (nSPS) is 24.2.